The highest BCUT2D eigenvalue weighted by atomic mass is 19.1. The maximum absolute atomic E-state index is 13.1. The number of nitrogens with zero attached hydrogens (tertiary/aromatic N) is 1. The van der Waals surface area contributed by atoms with Gasteiger partial charge in [-0.1, -0.05) is 0 Å². The van der Waals surface area contributed by atoms with Crippen LogP contribution in [-0.2, 0) is 0 Å². The van der Waals surface area contributed by atoms with Crippen molar-refractivity contribution < 1.29 is 9.18 Å². The largest absolute Gasteiger partial charge is 0.318 e. The summed E-state index contributed by atoms with van der Waals surface area (Å²) in [6.45, 7) is 10.3. The van der Waals surface area contributed by atoms with Crippen molar-refractivity contribution in [1.29, 1.82) is 0 Å². The van der Waals surface area contributed by atoms with Crippen LogP contribution in [0.25, 0.3) is 5.69 Å². The molecule has 0 unspecified atom stereocenters. The number of hydrogen-bond donors (Lipinski definition) is 1. The molecule has 0 saturated heterocycles. The molecule has 0 bridgehead atoms. The zero-order valence-corrected chi connectivity index (χ0v) is 13.8. The van der Waals surface area contributed by atoms with Crippen molar-refractivity contribution in [3.05, 3.63) is 53.1 Å². The normalized spacial score (nSPS) is 11.7. The third kappa shape index (κ3) is 3.63. The molecule has 1 N–H and O–H groups in total. The van der Waals surface area contributed by atoms with E-state index in [1.165, 1.54) is 12.1 Å². The van der Waals surface area contributed by atoms with Gasteiger partial charge >= 0.3 is 0 Å². The van der Waals surface area contributed by atoms with Crippen LogP contribution in [0, 0.1) is 19.7 Å². The molecular weight excluding hydrogens is 279 g/mol. The molecule has 0 aliphatic heterocycles. The monoisotopic (exact) mass is 302 g/mol. The Bertz CT molecular complexity index is 678. The van der Waals surface area contributed by atoms with E-state index >= 15 is 0 Å². The van der Waals surface area contributed by atoms with E-state index in [4.69, 9.17) is 0 Å². The van der Waals surface area contributed by atoms with Crippen molar-refractivity contribution in [2.24, 2.45) is 0 Å². The molecule has 0 amide bonds. The highest BCUT2D eigenvalue weighted by Gasteiger charge is 2.18. The van der Waals surface area contributed by atoms with E-state index in [1.54, 1.807) is 12.1 Å². The van der Waals surface area contributed by atoms with E-state index in [0.29, 0.717) is 12.1 Å². The molecule has 0 atom stereocenters. The lowest BCUT2D eigenvalue weighted by atomic mass is 10.1. The summed E-state index contributed by atoms with van der Waals surface area (Å²) in [5, 5.41) is 3.21. The molecule has 0 aliphatic carbocycles. The lowest BCUT2D eigenvalue weighted by molar-refractivity contribution is 0.0981. The number of halogens is 1. The first kappa shape index (κ1) is 16.4. The molecule has 118 valence electrons. The Morgan fingerprint density at radius 2 is 1.77 bits per heavy atom. The first-order valence-electron chi connectivity index (χ1n) is 7.42. The molecule has 2 rings (SSSR count). The molecule has 1 aromatic carbocycles. The highest BCUT2D eigenvalue weighted by Crippen LogP contribution is 2.21. The van der Waals surface area contributed by atoms with Gasteiger partial charge in [0.25, 0.3) is 0 Å². The van der Waals surface area contributed by atoms with Crippen molar-refractivity contribution in [3.63, 3.8) is 0 Å². The third-order valence-corrected chi connectivity index (χ3v) is 3.60. The molecule has 0 radical (unpaired) electrons. The fraction of sp³-hybridized carbons (Fsp3) is 0.389. The van der Waals surface area contributed by atoms with Crippen LogP contribution >= 0.6 is 0 Å². The Morgan fingerprint density at radius 3 is 2.32 bits per heavy atom. The predicted octanol–water partition coefficient (Wildman–Crippen LogP) is 3.80. The zero-order chi connectivity index (χ0) is 16.5. The van der Waals surface area contributed by atoms with Gasteiger partial charge in [0.05, 0.1) is 6.54 Å². The molecule has 0 saturated carbocycles. The lowest BCUT2D eigenvalue weighted by Gasteiger charge is -2.19. The van der Waals surface area contributed by atoms with E-state index in [-0.39, 0.29) is 17.1 Å². The summed E-state index contributed by atoms with van der Waals surface area (Å²) >= 11 is 0. The van der Waals surface area contributed by atoms with Crippen LogP contribution in [0.3, 0.4) is 0 Å². The molecule has 1 aromatic heterocycles. The van der Waals surface area contributed by atoms with E-state index in [2.05, 4.69) is 5.32 Å². The van der Waals surface area contributed by atoms with Crippen molar-refractivity contribution in [2.75, 3.05) is 6.54 Å². The van der Waals surface area contributed by atoms with E-state index in [0.717, 1.165) is 17.1 Å². The number of nitrogens with one attached hydrogen (secondary N) is 1. The van der Waals surface area contributed by atoms with Crippen molar-refractivity contribution in [1.82, 2.24) is 9.88 Å². The van der Waals surface area contributed by atoms with Crippen molar-refractivity contribution >= 4 is 5.78 Å². The van der Waals surface area contributed by atoms with E-state index < -0.39 is 0 Å². The number of hydrogen-bond acceptors (Lipinski definition) is 2. The third-order valence-electron chi connectivity index (χ3n) is 3.60. The van der Waals surface area contributed by atoms with Gasteiger partial charge in [-0.3, -0.25) is 4.79 Å². The van der Waals surface area contributed by atoms with Crippen LogP contribution in [0.15, 0.2) is 30.3 Å². The molecule has 22 heavy (non-hydrogen) atoms. The summed E-state index contributed by atoms with van der Waals surface area (Å²) in [5.41, 5.74) is 3.31. The number of carbonyl (C=O) groups is 1. The highest BCUT2D eigenvalue weighted by molar-refractivity contribution is 5.99. The van der Waals surface area contributed by atoms with Crippen LogP contribution in [0.4, 0.5) is 4.39 Å². The summed E-state index contributed by atoms with van der Waals surface area (Å²) < 4.78 is 15.1. The molecule has 0 aliphatic rings. The predicted molar refractivity (Wildman–Crippen MR) is 87.3 cm³/mol. The zero-order valence-electron chi connectivity index (χ0n) is 13.8. The summed E-state index contributed by atoms with van der Waals surface area (Å²) in [6, 6.07) is 8.19. The van der Waals surface area contributed by atoms with Gasteiger partial charge in [0.1, 0.15) is 5.82 Å². The van der Waals surface area contributed by atoms with Crippen LogP contribution in [0.2, 0.25) is 0 Å². The molecule has 3 nitrogen and oxygen atoms in total. The number of carbonyl (C=O) groups excluding carboxylic acids is 1. The second-order valence-corrected chi connectivity index (χ2v) is 6.62. The minimum Gasteiger partial charge on any atom is -0.318 e. The minimum absolute atomic E-state index is 0.0661. The Hall–Kier alpha value is -1.94. The summed E-state index contributed by atoms with van der Waals surface area (Å²) in [5.74, 6) is -0.201. The Morgan fingerprint density at radius 1 is 1.18 bits per heavy atom. The number of benzene rings is 1. The van der Waals surface area contributed by atoms with E-state index in [1.807, 2.05) is 45.3 Å². The van der Waals surface area contributed by atoms with Gasteiger partial charge in [-0.2, -0.15) is 0 Å². The first-order valence-corrected chi connectivity index (χ1v) is 7.42. The van der Waals surface area contributed by atoms with Gasteiger partial charge in [-0.15, -0.1) is 0 Å². The number of aromatic nitrogens is 1. The quantitative estimate of drug-likeness (QED) is 0.872. The van der Waals surface area contributed by atoms with E-state index in [9.17, 15) is 9.18 Å². The van der Waals surface area contributed by atoms with Gasteiger partial charge in [-0.05, 0) is 65.0 Å². The lowest BCUT2D eigenvalue weighted by Crippen LogP contribution is -2.39. The molecule has 0 fully saturated rings. The number of Topliss-reactive ketones (excluding diaryl/α,β-unsaturated/α-hetero) is 1. The van der Waals surface area contributed by atoms with Gasteiger partial charge < -0.3 is 9.88 Å². The minimum atomic E-state index is -0.267. The number of rotatable bonds is 4. The van der Waals surface area contributed by atoms with Crippen LogP contribution in [0.1, 0.15) is 42.5 Å². The van der Waals surface area contributed by atoms with Gasteiger partial charge in [0.15, 0.2) is 5.78 Å². The molecular formula is C18H23FN2O. The standard InChI is InChI=1S/C18H23FN2O/c1-12-10-16(17(22)11-20-18(3,4)5)13(2)21(12)15-8-6-14(19)7-9-15/h6-10,20H,11H2,1-5H3. The Labute approximate surface area is 131 Å². The average Bonchev–Trinajstić information content (AvgIpc) is 2.72. The summed E-state index contributed by atoms with van der Waals surface area (Å²) in [4.78, 5) is 12.4. The molecule has 0 spiro atoms. The molecule has 4 heteroatoms. The van der Waals surface area contributed by atoms with Gasteiger partial charge in [0.2, 0.25) is 0 Å². The first-order chi connectivity index (χ1) is 10.2. The summed E-state index contributed by atoms with van der Waals surface area (Å²) in [6.07, 6.45) is 0. The molecule has 2 aromatic rings. The fourth-order valence-corrected chi connectivity index (χ4v) is 2.47. The van der Waals surface area contributed by atoms with Crippen molar-refractivity contribution in [3.8, 4) is 5.69 Å². The number of ketones is 1. The SMILES string of the molecule is Cc1cc(C(=O)CNC(C)(C)C)c(C)n1-c1ccc(F)cc1. The maximum Gasteiger partial charge on any atom is 0.178 e. The van der Waals surface area contributed by atoms with Crippen LogP contribution in [-0.4, -0.2) is 22.4 Å². The maximum atomic E-state index is 13.1. The topological polar surface area (TPSA) is 34.0 Å². The van der Waals surface area contributed by atoms with Crippen LogP contribution in [0.5, 0.6) is 0 Å². The average molecular weight is 302 g/mol. The molecule has 1 heterocycles. The second kappa shape index (κ2) is 6.05. The number of aryl methyl sites for hydroxylation is 1. The Kier molecular flexibility index (Phi) is 4.52. The Balaban J connectivity index is 2.31. The van der Waals surface area contributed by atoms with Gasteiger partial charge in [-0.25, -0.2) is 4.39 Å². The summed E-state index contributed by atoms with van der Waals surface area (Å²) in [7, 11) is 0. The smallest absolute Gasteiger partial charge is 0.178 e. The van der Waals surface area contributed by atoms with Crippen molar-refractivity contribution in [2.45, 2.75) is 40.2 Å². The second-order valence-electron chi connectivity index (χ2n) is 6.62. The van der Waals surface area contributed by atoms with Crippen LogP contribution < -0.4 is 5.32 Å². The van der Waals surface area contributed by atoms with Gasteiger partial charge in [0, 0.05) is 28.2 Å². The fourth-order valence-electron chi connectivity index (χ4n) is 2.47.